The number of aliphatic hydroxyl groups is 1. The Morgan fingerprint density at radius 3 is 2.62 bits per heavy atom. The molecule has 5 atom stereocenters. The van der Waals surface area contributed by atoms with E-state index in [1.807, 2.05) is 13.8 Å². The van der Waals surface area contributed by atoms with Crippen LogP contribution in [0.4, 0.5) is 4.79 Å². The number of rotatable bonds is 2. The molecular weight excluding hydrogens is 328 g/mol. The quantitative estimate of drug-likeness (QED) is 0.844. The molecule has 2 amide bonds. The molecule has 24 heavy (non-hydrogen) atoms. The Bertz CT molecular complexity index is 805. The van der Waals surface area contributed by atoms with Crippen LogP contribution in [0.15, 0.2) is 23.1 Å². The van der Waals surface area contributed by atoms with Crippen molar-refractivity contribution in [3.63, 3.8) is 0 Å². The normalized spacial score (nSPS) is 34.0. The molecule has 1 aromatic carbocycles. The molecule has 130 valence electrons. The molecule has 0 radical (unpaired) electrons. The molecule has 0 aromatic heterocycles. The number of aliphatic hydroxyl groups excluding tert-OH is 1. The van der Waals surface area contributed by atoms with Crippen molar-refractivity contribution >= 4 is 16.1 Å². The van der Waals surface area contributed by atoms with Gasteiger partial charge in [0, 0.05) is 6.54 Å². The van der Waals surface area contributed by atoms with Gasteiger partial charge in [0.1, 0.15) is 0 Å². The maximum absolute atomic E-state index is 12.6. The van der Waals surface area contributed by atoms with Gasteiger partial charge in [0.25, 0.3) is 10.0 Å². The molecule has 6 nitrogen and oxygen atoms in total. The number of carbonyl (C=O) groups excluding carboxylic acids is 1. The molecule has 2 saturated carbocycles. The number of aryl methyl sites for hydroxylation is 2. The molecule has 1 aliphatic heterocycles. The Kier molecular flexibility index (Phi) is 3.44. The van der Waals surface area contributed by atoms with Crippen LogP contribution in [0.3, 0.4) is 0 Å². The highest BCUT2D eigenvalue weighted by Gasteiger charge is 2.60. The number of hydrogen-bond acceptors (Lipinski definition) is 4. The molecule has 7 heteroatoms. The summed E-state index contributed by atoms with van der Waals surface area (Å²) in [6.07, 6.45) is 1.36. The lowest BCUT2D eigenvalue weighted by molar-refractivity contribution is 0.0618. The van der Waals surface area contributed by atoms with Gasteiger partial charge in [-0.3, -0.25) is 0 Å². The molecule has 4 rings (SSSR count). The van der Waals surface area contributed by atoms with Crippen molar-refractivity contribution in [2.75, 3.05) is 6.54 Å². The standard InChI is InChI=1S/C17H22N2O4S/c1-9-3-4-13(5-10(9)2)24(22,23)18-17(21)19-8-12-6-11-7-14(12)15(19)16(11)20/h3-5,11-12,14-16,20H,6-8H2,1-2H3,(H,18,21). The number of urea groups is 1. The number of benzene rings is 1. The van der Waals surface area contributed by atoms with Crippen LogP contribution in [0.5, 0.6) is 0 Å². The number of amides is 2. The van der Waals surface area contributed by atoms with Gasteiger partial charge in [0.2, 0.25) is 0 Å². The fraction of sp³-hybridized carbons (Fsp3) is 0.588. The van der Waals surface area contributed by atoms with Gasteiger partial charge in [0.15, 0.2) is 0 Å². The summed E-state index contributed by atoms with van der Waals surface area (Å²) < 4.78 is 27.2. The summed E-state index contributed by atoms with van der Waals surface area (Å²) in [5, 5.41) is 10.3. The molecule has 2 aliphatic carbocycles. The van der Waals surface area contributed by atoms with Crippen molar-refractivity contribution in [1.29, 1.82) is 0 Å². The van der Waals surface area contributed by atoms with Crippen LogP contribution in [0.1, 0.15) is 24.0 Å². The molecule has 3 aliphatic rings. The molecule has 3 fully saturated rings. The summed E-state index contributed by atoms with van der Waals surface area (Å²) in [4.78, 5) is 14.2. The lowest BCUT2D eigenvalue weighted by atomic mass is 9.88. The van der Waals surface area contributed by atoms with E-state index in [4.69, 9.17) is 0 Å². The van der Waals surface area contributed by atoms with E-state index >= 15 is 0 Å². The van der Waals surface area contributed by atoms with Crippen LogP contribution in [-0.4, -0.2) is 43.1 Å². The van der Waals surface area contributed by atoms with E-state index in [2.05, 4.69) is 4.72 Å². The predicted octanol–water partition coefficient (Wildman–Crippen LogP) is 1.40. The Balaban J connectivity index is 1.55. The van der Waals surface area contributed by atoms with Crippen LogP contribution >= 0.6 is 0 Å². The third-order valence-electron chi connectivity index (χ3n) is 6.12. The first-order valence-corrected chi connectivity index (χ1v) is 9.85. The van der Waals surface area contributed by atoms with Gasteiger partial charge in [-0.05, 0) is 67.7 Å². The number of nitrogens with zero attached hydrogens (tertiary/aromatic N) is 1. The van der Waals surface area contributed by atoms with Crippen molar-refractivity contribution in [2.24, 2.45) is 17.8 Å². The predicted molar refractivity (Wildman–Crippen MR) is 87.8 cm³/mol. The number of sulfonamides is 1. The van der Waals surface area contributed by atoms with Crippen LogP contribution < -0.4 is 4.72 Å². The lowest BCUT2D eigenvalue weighted by Gasteiger charge is -2.28. The van der Waals surface area contributed by atoms with E-state index in [-0.39, 0.29) is 16.9 Å². The van der Waals surface area contributed by atoms with Gasteiger partial charge >= 0.3 is 6.03 Å². The highest BCUT2D eigenvalue weighted by molar-refractivity contribution is 7.90. The minimum absolute atomic E-state index is 0.0889. The summed E-state index contributed by atoms with van der Waals surface area (Å²) >= 11 is 0. The van der Waals surface area contributed by atoms with Crippen molar-refractivity contribution in [3.05, 3.63) is 29.3 Å². The van der Waals surface area contributed by atoms with E-state index in [1.165, 1.54) is 11.0 Å². The first kappa shape index (κ1) is 15.9. The van der Waals surface area contributed by atoms with Crippen LogP contribution in [-0.2, 0) is 10.0 Å². The summed E-state index contributed by atoms with van der Waals surface area (Å²) in [6.45, 7) is 4.28. The first-order chi connectivity index (χ1) is 11.3. The van der Waals surface area contributed by atoms with Crippen molar-refractivity contribution in [2.45, 2.75) is 43.7 Å². The molecule has 1 heterocycles. The van der Waals surface area contributed by atoms with Crippen LogP contribution in [0.2, 0.25) is 0 Å². The van der Waals surface area contributed by atoms with Crippen molar-refractivity contribution in [3.8, 4) is 0 Å². The minimum Gasteiger partial charge on any atom is -0.391 e. The maximum Gasteiger partial charge on any atom is 0.331 e. The zero-order valence-electron chi connectivity index (χ0n) is 13.8. The third-order valence-corrected chi connectivity index (χ3v) is 7.44. The third kappa shape index (κ3) is 2.25. The van der Waals surface area contributed by atoms with E-state index < -0.39 is 22.2 Å². The maximum atomic E-state index is 12.6. The zero-order chi connectivity index (χ0) is 17.2. The van der Waals surface area contributed by atoms with E-state index in [1.54, 1.807) is 12.1 Å². The zero-order valence-corrected chi connectivity index (χ0v) is 14.6. The minimum atomic E-state index is -3.91. The fourth-order valence-corrected chi connectivity index (χ4v) is 5.81. The smallest absolute Gasteiger partial charge is 0.331 e. The lowest BCUT2D eigenvalue weighted by Crippen LogP contribution is -2.49. The number of carbonyl (C=O) groups is 1. The van der Waals surface area contributed by atoms with Gasteiger partial charge < -0.3 is 10.0 Å². The molecule has 2 N–H and O–H groups in total. The SMILES string of the molecule is Cc1ccc(S(=O)(=O)NC(=O)N2CC3CC4CC3C2C4O)cc1C. The second-order valence-electron chi connectivity index (χ2n) is 7.45. The second kappa shape index (κ2) is 5.20. The van der Waals surface area contributed by atoms with Gasteiger partial charge in [-0.25, -0.2) is 17.9 Å². The van der Waals surface area contributed by atoms with Gasteiger partial charge in [-0.1, -0.05) is 6.07 Å². The first-order valence-electron chi connectivity index (χ1n) is 8.36. The van der Waals surface area contributed by atoms with Gasteiger partial charge in [0.05, 0.1) is 17.0 Å². The molecular formula is C17H22N2O4S. The molecule has 1 saturated heterocycles. The highest BCUT2D eigenvalue weighted by Crippen LogP contribution is 2.54. The van der Waals surface area contributed by atoms with E-state index in [0.29, 0.717) is 18.4 Å². The summed E-state index contributed by atoms with van der Waals surface area (Å²) in [7, 11) is -3.91. The van der Waals surface area contributed by atoms with Crippen LogP contribution in [0, 0.1) is 31.6 Å². The number of nitrogens with one attached hydrogen (secondary N) is 1. The second-order valence-corrected chi connectivity index (χ2v) is 9.13. The van der Waals surface area contributed by atoms with E-state index in [9.17, 15) is 18.3 Å². The van der Waals surface area contributed by atoms with Gasteiger partial charge in [-0.2, -0.15) is 0 Å². The largest absolute Gasteiger partial charge is 0.391 e. The summed E-state index contributed by atoms with van der Waals surface area (Å²) in [5.74, 6) is 0.984. The molecule has 1 aromatic rings. The monoisotopic (exact) mass is 350 g/mol. The summed E-state index contributed by atoms with van der Waals surface area (Å²) in [6, 6.07) is 3.96. The number of hydrogen-bond donors (Lipinski definition) is 2. The molecule has 5 unspecified atom stereocenters. The Morgan fingerprint density at radius 2 is 1.96 bits per heavy atom. The Morgan fingerprint density at radius 1 is 1.21 bits per heavy atom. The Hall–Kier alpha value is -1.60. The number of likely N-dealkylation sites (tertiary alicyclic amines) is 1. The fourth-order valence-electron chi connectivity index (χ4n) is 4.76. The molecule has 0 spiro atoms. The van der Waals surface area contributed by atoms with E-state index in [0.717, 1.165) is 24.0 Å². The number of fused-ring (bicyclic) bond motifs is 1. The average molecular weight is 350 g/mol. The molecule has 2 bridgehead atoms. The van der Waals surface area contributed by atoms with Crippen molar-refractivity contribution in [1.82, 2.24) is 9.62 Å². The van der Waals surface area contributed by atoms with Gasteiger partial charge in [-0.15, -0.1) is 0 Å². The topological polar surface area (TPSA) is 86.7 Å². The van der Waals surface area contributed by atoms with Crippen molar-refractivity contribution < 1.29 is 18.3 Å². The highest BCUT2D eigenvalue weighted by atomic mass is 32.2. The van der Waals surface area contributed by atoms with Crippen LogP contribution in [0.25, 0.3) is 0 Å². The average Bonchev–Trinajstić information content (AvgIpc) is 3.11. The summed E-state index contributed by atoms with van der Waals surface area (Å²) in [5.41, 5.74) is 1.86. The Labute approximate surface area is 141 Å².